The maximum atomic E-state index is 10.7. The highest BCUT2D eigenvalue weighted by atomic mass is 32.2. The highest BCUT2D eigenvalue weighted by molar-refractivity contribution is 7.86. The Bertz CT molecular complexity index is 903. The first-order valence-corrected chi connectivity index (χ1v) is 11.7. The summed E-state index contributed by atoms with van der Waals surface area (Å²) in [5, 5.41) is 0. The molecule has 154 valence electrons. The molecule has 2 aromatic rings. The average molecular weight is 431 g/mol. The summed E-state index contributed by atoms with van der Waals surface area (Å²) in [5.74, 6) is 0.410. The zero-order valence-corrected chi connectivity index (χ0v) is 16.7. The minimum atomic E-state index is -3.99. The summed E-state index contributed by atoms with van der Waals surface area (Å²) in [6.07, 6.45) is 0.353. The minimum absolute atomic E-state index is 0.153. The van der Waals surface area contributed by atoms with Gasteiger partial charge in [0.25, 0.3) is 20.2 Å². The van der Waals surface area contributed by atoms with E-state index in [0.29, 0.717) is 11.5 Å². The van der Waals surface area contributed by atoms with Crippen molar-refractivity contribution in [2.45, 2.75) is 12.8 Å². The second kappa shape index (κ2) is 9.87. The van der Waals surface area contributed by atoms with Gasteiger partial charge in [-0.2, -0.15) is 16.8 Å². The van der Waals surface area contributed by atoms with Gasteiger partial charge in [-0.15, -0.1) is 0 Å². The molecule has 2 N–H and O–H groups in total. The van der Waals surface area contributed by atoms with Crippen molar-refractivity contribution in [2.24, 2.45) is 0 Å². The predicted octanol–water partition coefficient (Wildman–Crippen LogP) is 2.67. The molecule has 0 saturated carbocycles. The van der Waals surface area contributed by atoms with Gasteiger partial charge in [0.15, 0.2) is 0 Å². The van der Waals surface area contributed by atoms with Gasteiger partial charge in [-0.25, -0.2) is 0 Å². The van der Waals surface area contributed by atoms with Crippen molar-refractivity contribution < 1.29 is 35.4 Å². The first kappa shape index (κ1) is 22.2. The van der Waals surface area contributed by atoms with Gasteiger partial charge in [-0.05, 0) is 48.2 Å². The maximum Gasteiger partial charge on any atom is 0.264 e. The van der Waals surface area contributed by atoms with E-state index in [1.54, 1.807) is 36.4 Å². The van der Waals surface area contributed by atoms with Gasteiger partial charge in [0, 0.05) is 0 Å². The summed E-state index contributed by atoms with van der Waals surface area (Å²) in [6, 6.07) is 14.4. The van der Waals surface area contributed by atoms with Crippen molar-refractivity contribution in [3.8, 4) is 22.6 Å². The fourth-order valence-electron chi connectivity index (χ4n) is 2.39. The Labute approximate surface area is 164 Å². The van der Waals surface area contributed by atoms with E-state index < -0.39 is 20.2 Å². The van der Waals surface area contributed by atoms with E-state index in [9.17, 15) is 16.8 Å². The first-order chi connectivity index (χ1) is 13.1. The third-order valence-electron chi connectivity index (χ3n) is 3.63. The van der Waals surface area contributed by atoms with E-state index in [2.05, 4.69) is 0 Å². The molecule has 0 fully saturated rings. The second-order valence-corrected chi connectivity index (χ2v) is 9.18. The minimum Gasteiger partial charge on any atom is -0.494 e. The molecule has 0 aliphatic heterocycles. The van der Waals surface area contributed by atoms with Crippen molar-refractivity contribution >= 4 is 20.2 Å². The molecule has 0 unspecified atom stereocenters. The largest absolute Gasteiger partial charge is 0.494 e. The maximum absolute atomic E-state index is 10.7. The van der Waals surface area contributed by atoms with E-state index in [-0.39, 0.29) is 37.6 Å². The summed E-state index contributed by atoms with van der Waals surface area (Å²) >= 11 is 0. The fourth-order valence-corrected chi connectivity index (χ4v) is 3.36. The second-order valence-electron chi connectivity index (χ2n) is 6.03. The normalized spacial score (nSPS) is 11.9. The van der Waals surface area contributed by atoms with Crippen LogP contribution in [0, 0.1) is 0 Å². The molecular weight excluding hydrogens is 408 g/mol. The summed E-state index contributed by atoms with van der Waals surface area (Å²) < 4.78 is 71.3. The van der Waals surface area contributed by atoms with Crippen LogP contribution in [0.3, 0.4) is 0 Å². The molecule has 0 saturated heterocycles. The predicted molar refractivity (Wildman–Crippen MR) is 105 cm³/mol. The lowest BCUT2D eigenvalue weighted by atomic mass is 10.1. The fraction of sp³-hybridized carbons (Fsp3) is 0.333. The molecule has 0 bridgehead atoms. The van der Waals surface area contributed by atoms with E-state index in [1.165, 1.54) is 0 Å². The molecule has 0 amide bonds. The summed E-state index contributed by atoms with van der Waals surface area (Å²) in [4.78, 5) is 0. The molecule has 0 spiro atoms. The Hall–Kier alpha value is -2.14. The Morgan fingerprint density at radius 1 is 0.679 bits per heavy atom. The van der Waals surface area contributed by atoms with Gasteiger partial charge >= 0.3 is 0 Å². The Morgan fingerprint density at radius 3 is 1.43 bits per heavy atom. The van der Waals surface area contributed by atoms with Crippen molar-refractivity contribution in [3.63, 3.8) is 0 Å². The molecule has 0 aliphatic carbocycles. The zero-order chi connectivity index (χ0) is 20.6. The molecule has 0 atom stereocenters. The van der Waals surface area contributed by atoms with E-state index in [0.717, 1.165) is 11.1 Å². The van der Waals surface area contributed by atoms with Crippen LogP contribution in [-0.2, 0) is 20.2 Å². The van der Waals surface area contributed by atoms with Crippen molar-refractivity contribution in [1.82, 2.24) is 0 Å². The van der Waals surface area contributed by atoms with E-state index in [1.807, 2.05) is 12.1 Å². The van der Waals surface area contributed by atoms with Gasteiger partial charge in [-0.1, -0.05) is 24.3 Å². The molecule has 28 heavy (non-hydrogen) atoms. The Morgan fingerprint density at radius 2 is 1.07 bits per heavy atom. The molecule has 0 aromatic heterocycles. The van der Waals surface area contributed by atoms with E-state index in [4.69, 9.17) is 18.6 Å². The molecule has 0 heterocycles. The average Bonchev–Trinajstić information content (AvgIpc) is 2.61. The summed E-state index contributed by atoms with van der Waals surface area (Å²) in [7, 11) is -7.99. The van der Waals surface area contributed by atoms with Crippen LogP contribution in [-0.4, -0.2) is 50.7 Å². The van der Waals surface area contributed by atoms with Gasteiger partial charge in [-0.3, -0.25) is 9.11 Å². The van der Waals surface area contributed by atoms with Crippen LogP contribution >= 0.6 is 0 Å². The lowest BCUT2D eigenvalue weighted by molar-refractivity contribution is 0.315. The molecular formula is C18H22O8S2. The van der Waals surface area contributed by atoms with Crippen LogP contribution in [0.15, 0.2) is 48.5 Å². The van der Waals surface area contributed by atoms with Gasteiger partial charge in [0.2, 0.25) is 0 Å². The van der Waals surface area contributed by atoms with Crippen LogP contribution in [0.5, 0.6) is 11.5 Å². The highest BCUT2D eigenvalue weighted by Crippen LogP contribution is 2.27. The Balaban J connectivity index is 1.95. The molecule has 2 rings (SSSR count). The van der Waals surface area contributed by atoms with Crippen LogP contribution in [0.2, 0.25) is 0 Å². The van der Waals surface area contributed by atoms with Gasteiger partial charge in [0.1, 0.15) is 11.5 Å². The molecule has 0 aliphatic rings. The molecule has 2 aromatic carbocycles. The van der Waals surface area contributed by atoms with Crippen LogP contribution in [0.4, 0.5) is 0 Å². The SMILES string of the molecule is O=S(=O)(O)CCCOc1cccc(-c2cccc(OCCCS(=O)(=O)O)c2)c1. The molecule has 0 radical (unpaired) electrons. The monoisotopic (exact) mass is 430 g/mol. The van der Waals surface area contributed by atoms with Crippen LogP contribution in [0.1, 0.15) is 12.8 Å². The smallest absolute Gasteiger partial charge is 0.264 e. The zero-order valence-electron chi connectivity index (χ0n) is 15.0. The van der Waals surface area contributed by atoms with Crippen LogP contribution < -0.4 is 9.47 Å². The molecule has 8 nitrogen and oxygen atoms in total. The van der Waals surface area contributed by atoms with Crippen molar-refractivity contribution in [3.05, 3.63) is 48.5 Å². The standard InChI is InChI=1S/C18H22O8S2/c19-27(20,21)11-3-9-25-17-7-1-5-15(13-17)16-6-2-8-18(14-16)26-10-4-12-28(22,23)24/h1-2,5-8,13-14H,3-4,9-12H2,(H,19,20,21)(H,22,23,24). The van der Waals surface area contributed by atoms with Crippen molar-refractivity contribution in [1.29, 1.82) is 0 Å². The first-order valence-electron chi connectivity index (χ1n) is 8.49. The molecule has 10 heteroatoms. The van der Waals surface area contributed by atoms with Crippen molar-refractivity contribution in [2.75, 3.05) is 24.7 Å². The summed E-state index contributed by atoms with van der Waals surface area (Å²) in [5.41, 5.74) is 1.71. The van der Waals surface area contributed by atoms with Crippen LogP contribution in [0.25, 0.3) is 11.1 Å². The quantitative estimate of drug-likeness (QED) is 0.411. The summed E-state index contributed by atoms with van der Waals surface area (Å²) in [6.45, 7) is 0.306. The lowest BCUT2D eigenvalue weighted by Crippen LogP contribution is -2.08. The topological polar surface area (TPSA) is 127 Å². The van der Waals surface area contributed by atoms with E-state index >= 15 is 0 Å². The number of hydrogen-bond acceptors (Lipinski definition) is 6. The number of ether oxygens (including phenoxy) is 2. The highest BCUT2D eigenvalue weighted by Gasteiger charge is 2.07. The van der Waals surface area contributed by atoms with Gasteiger partial charge in [0.05, 0.1) is 24.7 Å². The number of hydrogen-bond donors (Lipinski definition) is 2. The third-order valence-corrected chi connectivity index (χ3v) is 5.24. The lowest BCUT2D eigenvalue weighted by Gasteiger charge is -2.10. The van der Waals surface area contributed by atoms with Gasteiger partial charge < -0.3 is 9.47 Å². The number of rotatable bonds is 11. The third kappa shape index (κ3) is 8.70. The number of benzene rings is 2. The Kier molecular flexibility index (Phi) is 7.81.